The lowest BCUT2D eigenvalue weighted by molar-refractivity contribution is 0.482. The van der Waals surface area contributed by atoms with Gasteiger partial charge in [0.05, 0.1) is 16.7 Å². The molecule has 0 saturated heterocycles. The highest BCUT2D eigenvalue weighted by Crippen LogP contribution is 2.31. The van der Waals surface area contributed by atoms with Crippen molar-refractivity contribution in [2.24, 2.45) is 5.73 Å². The van der Waals surface area contributed by atoms with Crippen molar-refractivity contribution >= 4 is 11.6 Å². The number of hydrogen-bond donors (Lipinski definition) is 1. The van der Waals surface area contributed by atoms with E-state index in [2.05, 4.69) is 6.07 Å². The molecular formula is C15H13ClN2O. The topological polar surface area (TPSA) is 59.0 Å². The summed E-state index contributed by atoms with van der Waals surface area (Å²) in [6.07, 6.45) is 0. The molecule has 2 aromatic rings. The largest absolute Gasteiger partial charge is 0.456 e. The molecule has 2 aromatic carbocycles. The highest BCUT2D eigenvalue weighted by Gasteiger charge is 2.07. The standard InChI is InChI=1S/C15H13ClN2O/c1-10(18)12-4-7-15(14(16)8-12)19-13-5-2-11(9-17)3-6-13/h2-8,10H,18H2,1H3/t10-/m1/s1. The van der Waals surface area contributed by atoms with Gasteiger partial charge in [0.2, 0.25) is 0 Å². The Bertz CT molecular complexity index is 615. The van der Waals surface area contributed by atoms with Gasteiger partial charge < -0.3 is 10.5 Å². The van der Waals surface area contributed by atoms with Crippen molar-refractivity contribution in [1.29, 1.82) is 5.26 Å². The number of benzene rings is 2. The van der Waals surface area contributed by atoms with E-state index in [-0.39, 0.29) is 6.04 Å². The van der Waals surface area contributed by atoms with Gasteiger partial charge in [-0.2, -0.15) is 5.26 Å². The van der Waals surface area contributed by atoms with E-state index in [0.29, 0.717) is 22.1 Å². The molecule has 2 rings (SSSR count). The van der Waals surface area contributed by atoms with Crippen molar-refractivity contribution in [3.05, 3.63) is 58.6 Å². The third-order valence-corrected chi connectivity index (χ3v) is 2.99. The minimum absolute atomic E-state index is 0.0681. The van der Waals surface area contributed by atoms with E-state index in [1.54, 1.807) is 36.4 Å². The van der Waals surface area contributed by atoms with E-state index in [1.165, 1.54) is 0 Å². The van der Waals surface area contributed by atoms with Gasteiger partial charge in [0.15, 0.2) is 0 Å². The molecule has 0 amide bonds. The summed E-state index contributed by atoms with van der Waals surface area (Å²) in [4.78, 5) is 0. The Balaban J connectivity index is 2.21. The van der Waals surface area contributed by atoms with Crippen LogP contribution in [0.1, 0.15) is 24.1 Å². The second kappa shape index (κ2) is 5.75. The van der Waals surface area contributed by atoms with Crippen LogP contribution in [-0.4, -0.2) is 0 Å². The van der Waals surface area contributed by atoms with Gasteiger partial charge in [0.25, 0.3) is 0 Å². The Kier molecular flexibility index (Phi) is 4.06. The third-order valence-electron chi connectivity index (χ3n) is 2.69. The first-order valence-electron chi connectivity index (χ1n) is 5.83. The predicted molar refractivity (Wildman–Crippen MR) is 75.3 cm³/mol. The number of nitrogens with two attached hydrogens (primary N) is 1. The molecule has 0 unspecified atom stereocenters. The molecule has 0 spiro atoms. The van der Waals surface area contributed by atoms with Gasteiger partial charge >= 0.3 is 0 Å². The maximum atomic E-state index is 8.72. The number of ether oxygens (including phenoxy) is 1. The van der Waals surface area contributed by atoms with Crippen LogP contribution in [0.15, 0.2) is 42.5 Å². The normalized spacial score (nSPS) is 11.7. The van der Waals surface area contributed by atoms with Crippen LogP contribution in [0, 0.1) is 11.3 Å². The van der Waals surface area contributed by atoms with Gasteiger partial charge in [0.1, 0.15) is 11.5 Å². The Morgan fingerprint density at radius 3 is 2.42 bits per heavy atom. The van der Waals surface area contributed by atoms with Gasteiger partial charge in [-0.15, -0.1) is 0 Å². The van der Waals surface area contributed by atoms with Crippen molar-refractivity contribution in [2.45, 2.75) is 13.0 Å². The molecule has 0 aromatic heterocycles. The van der Waals surface area contributed by atoms with Crippen LogP contribution in [-0.2, 0) is 0 Å². The lowest BCUT2D eigenvalue weighted by atomic mass is 10.1. The first-order chi connectivity index (χ1) is 9.10. The average molecular weight is 273 g/mol. The van der Waals surface area contributed by atoms with E-state index in [4.69, 9.17) is 27.3 Å². The Hall–Kier alpha value is -2.02. The van der Waals surface area contributed by atoms with Gasteiger partial charge in [-0.1, -0.05) is 17.7 Å². The van der Waals surface area contributed by atoms with Crippen LogP contribution in [0.5, 0.6) is 11.5 Å². The molecule has 96 valence electrons. The van der Waals surface area contributed by atoms with Crippen LogP contribution >= 0.6 is 11.6 Å². The minimum Gasteiger partial charge on any atom is -0.456 e. The van der Waals surface area contributed by atoms with Gasteiger partial charge in [-0.05, 0) is 48.9 Å². The zero-order valence-electron chi connectivity index (χ0n) is 10.4. The molecule has 0 aliphatic rings. The first kappa shape index (κ1) is 13.4. The van der Waals surface area contributed by atoms with E-state index in [0.717, 1.165) is 5.56 Å². The Labute approximate surface area is 117 Å². The van der Waals surface area contributed by atoms with Gasteiger partial charge in [0, 0.05) is 6.04 Å². The number of nitriles is 1. The summed E-state index contributed by atoms with van der Waals surface area (Å²) in [5, 5.41) is 9.23. The Morgan fingerprint density at radius 2 is 1.89 bits per heavy atom. The molecule has 0 fully saturated rings. The molecule has 1 atom stereocenters. The highest BCUT2D eigenvalue weighted by molar-refractivity contribution is 6.32. The summed E-state index contributed by atoms with van der Waals surface area (Å²) in [6.45, 7) is 1.90. The summed E-state index contributed by atoms with van der Waals surface area (Å²) < 4.78 is 5.66. The van der Waals surface area contributed by atoms with E-state index < -0.39 is 0 Å². The molecule has 4 heteroatoms. The van der Waals surface area contributed by atoms with Gasteiger partial charge in [-0.25, -0.2) is 0 Å². The van der Waals surface area contributed by atoms with Crippen LogP contribution in [0.3, 0.4) is 0 Å². The monoisotopic (exact) mass is 272 g/mol. The van der Waals surface area contributed by atoms with Crippen LogP contribution in [0.25, 0.3) is 0 Å². The molecule has 0 aliphatic carbocycles. The second-order valence-corrected chi connectivity index (χ2v) is 4.62. The van der Waals surface area contributed by atoms with Gasteiger partial charge in [-0.3, -0.25) is 0 Å². The maximum absolute atomic E-state index is 8.72. The third kappa shape index (κ3) is 3.25. The fourth-order valence-electron chi connectivity index (χ4n) is 1.61. The molecule has 19 heavy (non-hydrogen) atoms. The van der Waals surface area contributed by atoms with E-state index in [1.807, 2.05) is 13.0 Å². The number of halogens is 1. The van der Waals surface area contributed by atoms with Crippen molar-refractivity contribution in [3.8, 4) is 17.6 Å². The molecule has 0 bridgehead atoms. The number of hydrogen-bond acceptors (Lipinski definition) is 3. The predicted octanol–water partition coefficient (Wildman–Crippen LogP) is 4.02. The van der Waals surface area contributed by atoms with Crippen LogP contribution < -0.4 is 10.5 Å². The summed E-state index contributed by atoms with van der Waals surface area (Å²) >= 11 is 6.15. The van der Waals surface area contributed by atoms with Crippen molar-refractivity contribution < 1.29 is 4.74 Å². The molecular weight excluding hydrogens is 260 g/mol. The number of nitrogens with zero attached hydrogens (tertiary/aromatic N) is 1. The zero-order valence-corrected chi connectivity index (χ0v) is 11.2. The lowest BCUT2D eigenvalue weighted by Crippen LogP contribution is -2.04. The maximum Gasteiger partial charge on any atom is 0.146 e. The fraction of sp³-hybridized carbons (Fsp3) is 0.133. The lowest BCUT2D eigenvalue weighted by Gasteiger charge is -2.11. The molecule has 0 heterocycles. The van der Waals surface area contributed by atoms with Crippen molar-refractivity contribution in [1.82, 2.24) is 0 Å². The summed E-state index contributed by atoms with van der Waals surface area (Å²) in [6, 6.07) is 14.3. The number of rotatable bonds is 3. The van der Waals surface area contributed by atoms with E-state index >= 15 is 0 Å². The minimum atomic E-state index is -0.0681. The molecule has 0 aliphatic heterocycles. The molecule has 0 saturated carbocycles. The Morgan fingerprint density at radius 1 is 1.21 bits per heavy atom. The molecule has 0 radical (unpaired) electrons. The first-order valence-corrected chi connectivity index (χ1v) is 6.21. The average Bonchev–Trinajstić information content (AvgIpc) is 2.41. The van der Waals surface area contributed by atoms with Crippen molar-refractivity contribution in [2.75, 3.05) is 0 Å². The second-order valence-electron chi connectivity index (χ2n) is 4.22. The fourth-order valence-corrected chi connectivity index (χ4v) is 1.84. The highest BCUT2D eigenvalue weighted by atomic mass is 35.5. The summed E-state index contributed by atoms with van der Waals surface area (Å²) in [5.41, 5.74) is 7.33. The van der Waals surface area contributed by atoms with Crippen LogP contribution in [0.4, 0.5) is 0 Å². The SMILES string of the molecule is C[C@@H](N)c1ccc(Oc2ccc(C#N)cc2)c(Cl)c1. The van der Waals surface area contributed by atoms with Crippen molar-refractivity contribution in [3.63, 3.8) is 0 Å². The smallest absolute Gasteiger partial charge is 0.146 e. The quantitative estimate of drug-likeness (QED) is 0.918. The molecule has 3 nitrogen and oxygen atoms in total. The molecule has 2 N–H and O–H groups in total. The zero-order chi connectivity index (χ0) is 13.8. The summed E-state index contributed by atoms with van der Waals surface area (Å²) in [5.74, 6) is 1.20. The van der Waals surface area contributed by atoms with E-state index in [9.17, 15) is 0 Å². The van der Waals surface area contributed by atoms with Crippen LogP contribution in [0.2, 0.25) is 5.02 Å². The summed E-state index contributed by atoms with van der Waals surface area (Å²) in [7, 11) is 0.